The van der Waals surface area contributed by atoms with E-state index in [1.165, 1.54) is 0 Å². The van der Waals surface area contributed by atoms with Gasteiger partial charge < -0.3 is 5.73 Å². The highest BCUT2D eigenvalue weighted by Crippen LogP contribution is 2.24. The maximum absolute atomic E-state index is 12.2. The highest BCUT2D eigenvalue weighted by atomic mass is 35.5. The number of benzene rings is 2. The number of rotatable bonds is 4. The quantitative estimate of drug-likeness (QED) is 0.874. The number of hydrogen-bond donors (Lipinski definition) is 1. The molecule has 2 N–H and O–H groups in total. The number of nitrogen functional groups attached to an aromatic ring is 1. The molecule has 19 heavy (non-hydrogen) atoms. The summed E-state index contributed by atoms with van der Waals surface area (Å²) >= 11 is 6.09. The third-order valence-electron chi connectivity index (χ3n) is 3.04. The van der Waals surface area contributed by atoms with Crippen LogP contribution in [0.2, 0.25) is 5.02 Å². The third kappa shape index (κ3) is 3.58. The van der Waals surface area contributed by atoms with Gasteiger partial charge in [0.1, 0.15) is 0 Å². The zero-order valence-electron chi connectivity index (χ0n) is 10.7. The molecule has 100 valence electrons. The number of anilines is 1. The maximum Gasteiger partial charge on any atom is 0.0524 e. The average molecular weight is 294 g/mol. The maximum atomic E-state index is 12.2. The molecule has 0 aliphatic heterocycles. The molecular formula is C15H16ClNOS. The fourth-order valence-corrected chi connectivity index (χ4v) is 3.63. The molecule has 2 nitrogen and oxygen atoms in total. The zero-order chi connectivity index (χ0) is 13.8. The summed E-state index contributed by atoms with van der Waals surface area (Å²) in [6.07, 6.45) is 0. The van der Waals surface area contributed by atoms with Crippen molar-refractivity contribution >= 4 is 28.1 Å². The molecule has 1 atom stereocenters. The molecule has 2 aromatic rings. The monoisotopic (exact) mass is 293 g/mol. The fraction of sp³-hybridized carbons (Fsp3) is 0.200. The summed E-state index contributed by atoms with van der Waals surface area (Å²) < 4.78 is 12.2. The van der Waals surface area contributed by atoms with Gasteiger partial charge in [-0.2, -0.15) is 0 Å². The summed E-state index contributed by atoms with van der Waals surface area (Å²) in [6.45, 7) is 2.02. The van der Waals surface area contributed by atoms with E-state index < -0.39 is 10.8 Å². The Bertz CT molecular complexity index is 593. The van der Waals surface area contributed by atoms with Crippen LogP contribution in [-0.4, -0.2) is 4.21 Å². The van der Waals surface area contributed by atoms with E-state index in [1.807, 2.05) is 31.2 Å². The Morgan fingerprint density at radius 1 is 1.11 bits per heavy atom. The van der Waals surface area contributed by atoms with Crippen LogP contribution in [0, 0.1) is 6.92 Å². The van der Waals surface area contributed by atoms with Crippen LogP contribution in [0.5, 0.6) is 0 Å². The smallest absolute Gasteiger partial charge is 0.0524 e. The molecule has 0 fully saturated rings. The lowest BCUT2D eigenvalue weighted by molar-refractivity contribution is 0.682. The molecule has 4 heteroatoms. The van der Waals surface area contributed by atoms with Crippen molar-refractivity contribution in [2.45, 2.75) is 18.4 Å². The molecule has 0 aromatic heterocycles. The van der Waals surface area contributed by atoms with Crippen molar-refractivity contribution in [1.82, 2.24) is 0 Å². The fourth-order valence-electron chi connectivity index (χ4n) is 1.89. The van der Waals surface area contributed by atoms with Crippen LogP contribution < -0.4 is 5.73 Å². The minimum Gasteiger partial charge on any atom is -0.398 e. The summed E-state index contributed by atoms with van der Waals surface area (Å²) in [5, 5.41) is 0.582. The van der Waals surface area contributed by atoms with Crippen molar-refractivity contribution in [1.29, 1.82) is 0 Å². The number of hydrogen-bond acceptors (Lipinski definition) is 2. The highest BCUT2D eigenvalue weighted by Gasteiger charge is 2.10. The van der Waals surface area contributed by atoms with Crippen LogP contribution in [0.15, 0.2) is 42.5 Å². The predicted molar refractivity (Wildman–Crippen MR) is 82.6 cm³/mol. The molecule has 0 aliphatic rings. The van der Waals surface area contributed by atoms with Gasteiger partial charge in [-0.05, 0) is 30.2 Å². The van der Waals surface area contributed by atoms with E-state index in [9.17, 15) is 4.21 Å². The topological polar surface area (TPSA) is 43.1 Å². The molecule has 0 amide bonds. The van der Waals surface area contributed by atoms with Gasteiger partial charge >= 0.3 is 0 Å². The summed E-state index contributed by atoms with van der Waals surface area (Å²) in [6, 6.07) is 13.3. The summed E-state index contributed by atoms with van der Waals surface area (Å²) in [5.41, 5.74) is 9.51. The first-order valence-electron chi connectivity index (χ1n) is 6.00. The lowest BCUT2D eigenvalue weighted by atomic mass is 10.1. The molecule has 0 spiro atoms. The number of halogens is 1. The van der Waals surface area contributed by atoms with Crippen molar-refractivity contribution < 1.29 is 4.21 Å². The third-order valence-corrected chi connectivity index (χ3v) is 4.64. The predicted octanol–water partition coefficient (Wildman–Crippen LogP) is 3.68. The number of aryl methyl sites for hydroxylation is 1. The van der Waals surface area contributed by atoms with Gasteiger partial charge in [0.2, 0.25) is 0 Å². The molecule has 1 unspecified atom stereocenters. The van der Waals surface area contributed by atoms with Crippen LogP contribution in [0.1, 0.15) is 16.7 Å². The minimum absolute atomic E-state index is 0.389. The number of nitrogens with two attached hydrogens (primary N) is 1. The first-order chi connectivity index (χ1) is 9.08. The zero-order valence-corrected chi connectivity index (χ0v) is 12.3. The van der Waals surface area contributed by atoms with E-state index in [1.54, 1.807) is 18.2 Å². The lowest BCUT2D eigenvalue weighted by Crippen LogP contribution is -2.04. The molecule has 0 bridgehead atoms. The lowest BCUT2D eigenvalue weighted by Gasteiger charge is -2.09. The molecular weight excluding hydrogens is 278 g/mol. The van der Waals surface area contributed by atoms with Crippen LogP contribution in [0.3, 0.4) is 0 Å². The van der Waals surface area contributed by atoms with Crippen molar-refractivity contribution in [3.8, 4) is 0 Å². The Kier molecular flexibility index (Phi) is 4.61. The van der Waals surface area contributed by atoms with Crippen molar-refractivity contribution in [2.24, 2.45) is 0 Å². The average Bonchev–Trinajstić information content (AvgIpc) is 2.37. The second-order valence-electron chi connectivity index (χ2n) is 4.46. The first-order valence-corrected chi connectivity index (χ1v) is 7.87. The van der Waals surface area contributed by atoms with Gasteiger partial charge in [0.25, 0.3) is 0 Å². The molecule has 2 aromatic carbocycles. The van der Waals surface area contributed by atoms with Crippen LogP contribution in [0.4, 0.5) is 5.69 Å². The Morgan fingerprint density at radius 2 is 1.84 bits per heavy atom. The second-order valence-corrected chi connectivity index (χ2v) is 6.33. The molecule has 0 aliphatic carbocycles. The van der Waals surface area contributed by atoms with Crippen LogP contribution >= 0.6 is 11.6 Å². The van der Waals surface area contributed by atoms with E-state index in [0.29, 0.717) is 22.2 Å². The van der Waals surface area contributed by atoms with Gasteiger partial charge in [-0.1, -0.05) is 41.9 Å². The standard InChI is InChI=1S/C15H16ClNOS/c1-11-5-2-3-6-12(11)9-19(18)10-13-14(16)7-4-8-15(13)17/h2-8H,9-10,17H2,1H3. The van der Waals surface area contributed by atoms with Gasteiger partial charge in [-0.3, -0.25) is 4.21 Å². The minimum atomic E-state index is -1.02. The van der Waals surface area contributed by atoms with E-state index in [-0.39, 0.29) is 0 Å². The van der Waals surface area contributed by atoms with Gasteiger partial charge in [0, 0.05) is 32.8 Å². The summed E-state index contributed by atoms with van der Waals surface area (Å²) in [7, 11) is -1.02. The molecule has 0 saturated carbocycles. The Labute approximate surface area is 121 Å². The SMILES string of the molecule is Cc1ccccc1CS(=O)Cc1c(N)cccc1Cl. The van der Waals surface area contributed by atoms with Gasteiger partial charge in [-0.25, -0.2) is 0 Å². The van der Waals surface area contributed by atoms with Crippen molar-refractivity contribution in [2.75, 3.05) is 5.73 Å². The van der Waals surface area contributed by atoms with Gasteiger partial charge in [0.15, 0.2) is 0 Å². The van der Waals surface area contributed by atoms with Crippen LogP contribution in [0.25, 0.3) is 0 Å². The van der Waals surface area contributed by atoms with E-state index in [0.717, 1.165) is 16.7 Å². The largest absolute Gasteiger partial charge is 0.398 e. The normalized spacial score (nSPS) is 12.3. The van der Waals surface area contributed by atoms with E-state index >= 15 is 0 Å². The van der Waals surface area contributed by atoms with Gasteiger partial charge in [0.05, 0.1) is 5.75 Å². The summed E-state index contributed by atoms with van der Waals surface area (Å²) in [5.74, 6) is 0.914. The Hall–Kier alpha value is -1.32. The van der Waals surface area contributed by atoms with E-state index in [2.05, 4.69) is 0 Å². The van der Waals surface area contributed by atoms with Crippen molar-refractivity contribution in [3.63, 3.8) is 0 Å². The van der Waals surface area contributed by atoms with Gasteiger partial charge in [-0.15, -0.1) is 0 Å². The second kappa shape index (κ2) is 6.22. The highest BCUT2D eigenvalue weighted by molar-refractivity contribution is 7.83. The summed E-state index contributed by atoms with van der Waals surface area (Å²) in [4.78, 5) is 0. The van der Waals surface area contributed by atoms with E-state index in [4.69, 9.17) is 17.3 Å². The molecule has 2 rings (SSSR count). The molecule has 0 heterocycles. The Balaban J connectivity index is 2.12. The first kappa shape index (κ1) is 14.1. The Morgan fingerprint density at radius 3 is 2.53 bits per heavy atom. The molecule has 0 saturated heterocycles. The van der Waals surface area contributed by atoms with Crippen molar-refractivity contribution in [3.05, 3.63) is 64.2 Å². The van der Waals surface area contributed by atoms with Crippen LogP contribution in [-0.2, 0) is 22.3 Å². The molecule has 0 radical (unpaired) electrons.